The van der Waals surface area contributed by atoms with E-state index in [0.29, 0.717) is 22.4 Å². The summed E-state index contributed by atoms with van der Waals surface area (Å²) in [6, 6.07) is 14.1. The number of benzene rings is 2. The lowest BCUT2D eigenvalue weighted by molar-refractivity contribution is -0.128. The van der Waals surface area contributed by atoms with Crippen molar-refractivity contribution in [3.8, 4) is 5.75 Å². The zero-order valence-electron chi connectivity index (χ0n) is 12.5. The number of ether oxygens (including phenoxy) is 2. The normalized spacial score (nSPS) is 10.5. The standard InChI is InChI=1S/C18H15BrO4/c1-2-22-18(21)14-9-10-16(15(19)12-14)23-17(20)11-8-13-6-4-3-5-7-13/h3-12H,2H2,1H3/b11-8+. The molecular formula is C18H15BrO4. The molecule has 2 rings (SSSR count). The molecule has 0 amide bonds. The van der Waals surface area contributed by atoms with Crippen LogP contribution < -0.4 is 4.74 Å². The maximum absolute atomic E-state index is 11.8. The van der Waals surface area contributed by atoms with Crippen LogP contribution >= 0.6 is 15.9 Å². The molecule has 2 aromatic rings. The van der Waals surface area contributed by atoms with Crippen LogP contribution in [0.2, 0.25) is 0 Å². The Hall–Kier alpha value is -2.40. The minimum atomic E-state index is -0.501. The lowest BCUT2D eigenvalue weighted by atomic mass is 10.2. The monoisotopic (exact) mass is 374 g/mol. The average Bonchev–Trinajstić information content (AvgIpc) is 2.56. The van der Waals surface area contributed by atoms with Crippen molar-refractivity contribution in [2.45, 2.75) is 6.92 Å². The van der Waals surface area contributed by atoms with Crippen molar-refractivity contribution in [1.29, 1.82) is 0 Å². The van der Waals surface area contributed by atoms with E-state index in [1.807, 2.05) is 30.3 Å². The molecule has 5 heteroatoms. The summed E-state index contributed by atoms with van der Waals surface area (Å²) < 4.78 is 10.7. The molecule has 0 spiro atoms. The van der Waals surface area contributed by atoms with Gasteiger partial charge in [-0.15, -0.1) is 0 Å². The quantitative estimate of drug-likeness (QED) is 0.446. The molecule has 0 bridgehead atoms. The Morgan fingerprint density at radius 2 is 1.87 bits per heavy atom. The average molecular weight is 375 g/mol. The molecule has 0 aliphatic heterocycles. The lowest BCUT2D eigenvalue weighted by Crippen LogP contribution is -2.07. The molecule has 118 valence electrons. The van der Waals surface area contributed by atoms with Crippen LogP contribution in [0, 0.1) is 0 Å². The second-order valence-corrected chi connectivity index (χ2v) is 5.39. The Balaban J connectivity index is 2.04. The number of hydrogen-bond acceptors (Lipinski definition) is 4. The zero-order chi connectivity index (χ0) is 16.7. The van der Waals surface area contributed by atoms with E-state index in [1.165, 1.54) is 6.08 Å². The van der Waals surface area contributed by atoms with Gasteiger partial charge in [0.2, 0.25) is 0 Å². The van der Waals surface area contributed by atoms with Crippen molar-refractivity contribution in [1.82, 2.24) is 0 Å². The molecule has 0 aliphatic rings. The number of hydrogen-bond donors (Lipinski definition) is 0. The van der Waals surface area contributed by atoms with Crippen LogP contribution in [-0.2, 0) is 9.53 Å². The van der Waals surface area contributed by atoms with E-state index >= 15 is 0 Å². The van der Waals surface area contributed by atoms with Gasteiger partial charge < -0.3 is 9.47 Å². The predicted molar refractivity (Wildman–Crippen MR) is 91.2 cm³/mol. The number of carbonyl (C=O) groups excluding carboxylic acids is 2. The third-order valence-electron chi connectivity index (χ3n) is 2.87. The van der Waals surface area contributed by atoms with Gasteiger partial charge in [-0.1, -0.05) is 30.3 Å². The molecule has 0 saturated heterocycles. The molecule has 2 aromatic carbocycles. The molecule has 0 atom stereocenters. The van der Waals surface area contributed by atoms with Crippen LogP contribution in [0.5, 0.6) is 5.75 Å². The highest BCUT2D eigenvalue weighted by Crippen LogP contribution is 2.26. The molecule has 0 unspecified atom stereocenters. The van der Waals surface area contributed by atoms with Gasteiger partial charge in [0.1, 0.15) is 5.75 Å². The third-order valence-corrected chi connectivity index (χ3v) is 3.48. The summed E-state index contributed by atoms with van der Waals surface area (Å²) in [7, 11) is 0. The number of esters is 2. The third kappa shape index (κ3) is 5.07. The molecule has 0 aromatic heterocycles. The first-order valence-electron chi connectivity index (χ1n) is 7.01. The highest BCUT2D eigenvalue weighted by molar-refractivity contribution is 9.10. The van der Waals surface area contributed by atoms with Crippen molar-refractivity contribution >= 4 is 33.9 Å². The molecular weight excluding hydrogens is 360 g/mol. The van der Waals surface area contributed by atoms with E-state index in [1.54, 1.807) is 31.2 Å². The Morgan fingerprint density at radius 1 is 1.13 bits per heavy atom. The number of halogens is 1. The van der Waals surface area contributed by atoms with Crippen LogP contribution in [0.15, 0.2) is 59.1 Å². The molecule has 4 nitrogen and oxygen atoms in total. The second-order valence-electron chi connectivity index (χ2n) is 4.53. The summed E-state index contributed by atoms with van der Waals surface area (Å²) in [6.45, 7) is 2.04. The van der Waals surface area contributed by atoms with Gasteiger partial charge in [-0.05, 0) is 52.7 Å². The smallest absolute Gasteiger partial charge is 0.338 e. The van der Waals surface area contributed by atoms with Crippen LogP contribution in [-0.4, -0.2) is 18.5 Å². The van der Waals surface area contributed by atoms with Crippen LogP contribution in [0.25, 0.3) is 6.08 Å². The van der Waals surface area contributed by atoms with Crippen molar-refractivity contribution in [3.05, 3.63) is 70.2 Å². The summed E-state index contributed by atoms with van der Waals surface area (Å²) in [4.78, 5) is 23.5. The molecule has 0 radical (unpaired) electrons. The summed E-state index contributed by atoms with van der Waals surface area (Å²) in [5.41, 5.74) is 1.29. The van der Waals surface area contributed by atoms with Crippen LogP contribution in [0.3, 0.4) is 0 Å². The maximum atomic E-state index is 11.8. The first-order valence-corrected chi connectivity index (χ1v) is 7.81. The largest absolute Gasteiger partial charge is 0.462 e. The van der Waals surface area contributed by atoms with E-state index in [0.717, 1.165) is 5.56 Å². The lowest BCUT2D eigenvalue weighted by Gasteiger charge is -2.06. The predicted octanol–water partition coefficient (Wildman–Crippen LogP) is 4.24. The van der Waals surface area contributed by atoms with Crippen LogP contribution in [0.4, 0.5) is 0 Å². The minimum absolute atomic E-state index is 0.303. The maximum Gasteiger partial charge on any atom is 0.338 e. The van der Waals surface area contributed by atoms with Gasteiger partial charge >= 0.3 is 11.9 Å². The van der Waals surface area contributed by atoms with E-state index in [4.69, 9.17) is 9.47 Å². The zero-order valence-corrected chi connectivity index (χ0v) is 14.1. The highest BCUT2D eigenvalue weighted by Gasteiger charge is 2.11. The van der Waals surface area contributed by atoms with Gasteiger partial charge in [0.05, 0.1) is 16.6 Å². The van der Waals surface area contributed by atoms with Gasteiger partial charge in [-0.2, -0.15) is 0 Å². The fourth-order valence-electron chi connectivity index (χ4n) is 1.80. The fourth-order valence-corrected chi connectivity index (χ4v) is 2.26. The summed E-state index contributed by atoms with van der Waals surface area (Å²) in [5, 5.41) is 0. The van der Waals surface area contributed by atoms with Gasteiger partial charge in [-0.3, -0.25) is 0 Å². The molecule has 0 heterocycles. The van der Waals surface area contributed by atoms with Crippen molar-refractivity contribution < 1.29 is 19.1 Å². The Kier molecular flexibility index (Phi) is 6.11. The fraction of sp³-hybridized carbons (Fsp3) is 0.111. The van der Waals surface area contributed by atoms with Gasteiger partial charge in [0.25, 0.3) is 0 Å². The Morgan fingerprint density at radius 3 is 2.52 bits per heavy atom. The molecule has 0 N–H and O–H groups in total. The molecule has 23 heavy (non-hydrogen) atoms. The first kappa shape index (κ1) is 17.0. The molecule has 0 saturated carbocycles. The topological polar surface area (TPSA) is 52.6 Å². The Bertz CT molecular complexity index is 723. The SMILES string of the molecule is CCOC(=O)c1ccc(OC(=O)/C=C/c2ccccc2)c(Br)c1. The van der Waals surface area contributed by atoms with Crippen molar-refractivity contribution in [3.63, 3.8) is 0 Å². The van der Waals surface area contributed by atoms with Crippen LogP contribution in [0.1, 0.15) is 22.8 Å². The Labute approximate surface area is 142 Å². The van der Waals surface area contributed by atoms with E-state index in [-0.39, 0.29) is 0 Å². The summed E-state index contributed by atoms with van der Waals surface area (Å²) in [6.07, 6.45) is 3.02. The number of carbonyl (C=O) groups is 2. The summed E-state index contributed by atoms with van der Waals surface area (Å²) in [5.74, 6) is -0.589. The van der Waals surface area contributed by atoms with Gasteiger partial charge in [-0.25, -0.2) is 9.59 Å². The number of rotatable bonds is 5. The second kappa shape index (κ2) is 8.29. The van der Waals surface area contributed by atoms with Gasteiger partial charge in [0, 0.05) is 6.08 Å². The van der Waals surface area contributed by atoms with E-state index < -0.39 is 11.9 Å². The van der Waals surface area contributed by atoms with E-state index in [9.17, 15) is 9.59 Å². The minimum Gasteiger partial charge on any atom is -0.462 e. The van der Waals surface area contributed by atoms with E-state index in [2.05, 4.69) is 15.9 Å². The summed E-state index contributed by atoms with van der Waals surface area (Å²) >= 11 is 3.28. The molecule has 0 fully saturated rings. The van der Waals surface area contributed by atoms with Gasteiger partial charge in [0.15, 0.2) is 0 Å². The highest BCUT2D eigenvalue weighted by atomic mass is 79.9. The van der Waals surface area contributed by atoms with Crippen molar-refractivity contribution in [2.24, 2.45) is 0 Å². The van der Waals surface area contributed by atoms with Crippen molar-refractivity contribution in [2.75, 3.05) is 6.61 Å². The first-order chi connectivity index (χ1) is 11.1. The molecule has 0 aliphatic carbocycles.